The summed E-state index contributed by atoms with van der Waals surface area (Å²) < 4.78 is 15.2. The number of aryl methyl sites for hydroxylation is 1. The number of methoxy groups -OCH3 is 1. The predicted molar refractivity (Wildman–Crippen MR) is 145 cm³/mol. The summed E-state index contributed by atoms with van der Waals surface area (Å²) in [6.07, 6.45) is 3.23. The summed E-state index contributed by atoms with van der Waals surface area (Å²) in [6, 6.07) is 20.5. The minimum atomic E-state index is -0.391. The SMILES string of the molecule is COc1ccnc(Cn2cccc(C#N)c2=O)c1COc1cccc2c(-c3ccc(C#N)n3C)cc(C)nc12. The van der Waals surface area contributed by atoms with Gasteiger partial charge in [0.1, 0.15) is 47.0 Å². The number of rotatable bonds is 7. The van der Waals surface area contributed by atoms with Gasteiger partial charge in [-0.1, -0.05) is 12.1 Å². The van der Waals surface area contributed by atoms with E-state index in [1.54, 1.807) is 37.7 Å². The Kier molecular flexibility index (Phi) is 6.81. The second-order valence-electron chi connectivity index (χ2n) is 8.93. The third-order valence-electron chi connectivity index (χ3n) is 6.60. The second-order valence-corrected chi connectivity index (χ2v) is 8.93. The number of para-hydroxylation sites is 1. The van der Waals surface area contributed by atoms with E-state index in [1.807, 2.05) is 54.9 Å². The number of benzene rings is 1. The molecule has 1 aromatic carbocycles. The van der Waals surface area contributed by atoms with E-state index in [0.717, 1.165) is 22.3 Å². The van der Waals surface area contributed by atoms with Gasteiger partial charge < -0.3 is 18.6 Å². The van der Waals surface area contributed by atoms with Crippen LogP contribution in [0, 0.1) is 29.6 Å². The van der Waals surface area contributed by atoms with Gasteiger partial charge in [0.2, 0.25) is 0 Å². The van der Waals surface area contributed by atoms with Crippen molar-refractivity contribution >= 4 is 10.9 Å². The number of ether oxygens (including phenoxy) is 2. The minimum absolute atomic E-state index is 0.0614. The summed E-state index contributed by atoms with van der Waals surface area (Å²) >= 11 is 0. The third-order valence-corrected chi connectivity index (χ3v) is 6.60. The highest BCUT2D eigenvalue weighted by Gasteiger charge is 2.17. The lowest BCUT2D eigenvalue weighted by atomic mass is 10.0. The molecule has 9 nitrogen and oxygen atoms in total. The van der Waals surface area contributed by atoms with Crippen molar-refractivity contribution in [1.29, 1.82) is 10.5 Å². The van der Waals surface area contributed by atoms with Crippen molar-refractivity contribution in [2.75, 3.05) is 7.11 Å². The van der Waals surface area contributed by atoms with E-state index in [9.17, 15) is 15.3 Å². The van der Waals surface area contributed by atoms with Gasteiger partial charge in [-0.05, 0) is 49.4 Å². The zero-order valence-corrected chi connectivity index (χ0v) is 21.7. The van der Waals surface area contributed by atoms with Gasteiger partial charge in [-0.3, -0.25) is 9.78 Å². The molecule has 5 aromatic rings. The molecule has 0 fully saturated rings. The summed E-state index contributed by atoms with van der Waals surface area (Å²) in [7, 11) is 3.43. The van der Waals surface area contributed by atoms with Crippen LogP contribution in [0.15, 0.2) is 71.8 Å². The third kappa shape index (κ3) is 4.70. The molecule has 0 unspecified atom stereocenters. The van der Waals surface area contributed by atoms with Gasteiger partial charge in [0.25, 0.3) is 5.56 Å². The molecule has 192 valence electrons. The first kappa shape index (κ1) is 25.2. The molecule has 9 heteroatoms. The van der Waals surface area contributed by atoms with Crippen molar-refractivity contribution < 1.29 is 9.47 Å². The molecule has 0 spiro atoms. The van der Waals surface area contributed by atoms with Crippen molar-refractivity contribution in [1.82, 2.24) is 19.1 Å². The zero-order valence-electron chi connectivity index (χ0n) is 21.7. The van der Waals surface area contributed by atoms with E-state index in [1.165, 1.54) is 10.6 Å². The Morgan fingerprint density at radius 3 is 2.62 bits per heavy atom. The fourth-order valence-electron chi connectivity index (χ4n) is 4.63. The summed E-state index contributed by atoms with van der Waals surface area (Å²) in [5.41, 5.74) is 4.85. The van der Waals surface area contributed by atoms with Gasteiger partial charge >= 0.3 is 0 Å². The summed E-state index contributed by atoms with van der Waals surface area (Å²) in [5, 5.41) is 19.6. The van der Waals surface area contributed by atoms with Crippen LogP contribution in [0.1, 0.15) is 28.2 Å². The largest absolute Gasteiger partial charge is 0.496 e. The molecule has 0 aliphatic carbocycles. The van der Waals surface area contributed by atoms with Gasteiger partial charge in [-0.2, -0.15) is 10.5 Å². The quantitative estimate of drug-likeness (QED) is 0.313. The average Bonchev–Trinajstić information content (AvgIpc) is 3.32. The maximum absolute atomic E-state index is 12.6. The van der Waals surface area contributed by atoms with Crippen molar-refractivity contribution in [2.45, 2.75) is 20.1 Å². The lowest BCUT2D eigenvalue weighted by molar-refractivity contribution is 0.296. The molecule has 0 atom stereocenters. The topological polar surface area (TPSA) is 119 Å². The number of aromatic nitrogens is 4. The molecule has 0 amide bonds. The van der Waals surface area contributed by atoms with Gasteiger partial charge in [0, 0.05) is 41.8 Å². The fraction of sp³-hybridized carbons (Fsp3) is 0.167. The highest BCUT2D eigenvalue weighted by molar-refractivity contribution is 5.97. The summed E-state index contributed by atoms with van der Waals surface area (Å²) in [5.74, 6) is 1.15. The van der Waals surface area contributed by atoms with Crippen LogP contribution >= 0.6 is 0 Å². The van der Waals surface area contributed by atoms with Crippen LogP contribution in [0.5, 0.6) is 11.5 Å². The Morgan fingerprint density at radius 1 is 1.03 bits per heavy atom. The van der Waals surface area contributed by atoms with Gasteiger partial charge in [-0.15, -0.1) is 0 Å². The predicted octanol–water partition coefficient (Wildman–Crippen LogP) is 4.48. The maximum atomic E-state index is 12.6. The molecule has 0 N–H and O–H groups in total. The number of nitriles is 2. The summed E-state index contributed by atoms with van der Waals surface area (Å²) in [6.45, 7) is 2.19. The molecular formula is C30H24N6O3. The normalized spacial score (nSPS) is 10.7. The van der Waals surface area contributed by atoms with Crippen LogP contribution in [0.25, 0.3) is 22.2 Å². The fourth-order valence-corrected chi connectivity index (χ4v) is 4.63. The average molecular weight is 517 g/mol. The maximum Gasteiger partial charge on any atom is 0.268 e. The molecule has 0 radical (unpaired) electrons. The minimum Gasteiger partial charge on any atom is -0.496 e. The molecule has 0 aliphatic rings. The Morgan fingerprint density at radius 2 is 1.87 bits per heavy atom. The van der Waals surface area contributed by atoms with Crippen molar-refractivity contribution in [2.24, 2.45) is 7.05 Å². The Balaban J connectivity index is 1.54. The smallest absolute Gasteiger partial charge is 0.268 e. The molecule has 0 aliphatic heterocycles. The van der Waals surface area contributed by atoms with Crippen LogP contribution < -0.4 is 15.0 Å². The summed E-state index contributed by atoms with van der Waals surface area (Å²) in [4.78, 5) is 21.9. The van der Waals surface area contributed by atoms with E-state index >= 15 is 0 Å². The first-order valence-corrected chi connectivity index (χ1v) is 12.1. The van der Waals surface area contributed by atoms with E-state index in [2.05, 4.69) is 11.1 Å². The van der Waals surface area contributed by atoms with Crippen LogP contribution in [0.2, 0.25) is 0 Å². The molecule has 5 rings (SSSR count). The van der Waals surface area contributed by atoms with E-state index in [4.69, 9.17) is 14.5 Å². The number of fused-ring (bicyclic) bond motifs is 1. The Hall–Kier alpha value is -5.41. The molecule has 39 heavy (non-hydrogen) atoms. The van der Waals surface area contributed by atoms with Gasteiger partial charge in [0.15, 0.2) is 0 Å². The van der Waals surface area contributed by atoms with Crippen LogP contribution in [0.3, 0.4) is 0 Å². The monoisotopic (exact) mass is 516 g/mol. The number of pyridine rings is 3. The molecule has 0 bridgehead atoms. The lowest BCUT2D eigenvalue weighted by Gasteiger charge is -2.16. The lowest BCUT2D eigenvalue weighted by Crippen LogP contribution is -2.23. The number of nitrogens with zero attached hydrogens (tertiary/aromatic N) is 6. The van der Waals surface area contributed by atoms with Gasteiger partial charge in [-0.25, -0.2) is 4.98 Å². The van der Waals surface area contributed by atoms with Gasteiger partial charge in [0.05, 0.1) is 24.9 Å². The highest BCUT2D eigenvalue weighted by Crippen LogP contribution is 2.34. The van der Waals surface area contributed by atoms with Crippen molar-refractivity contribution in [3.8, 4) is 34.9 Å². The Labute approximate surface area is 224 Å². The molecular weight excluding hydrogens is 492 g/mol. The first-order chi connectivity index (χ1) is 18.9. The van der Waals surface area contributed by atoms with Crippen molar-refractivity contribution in [3.63, 3.8) is 0 Å². The number of hydrogen-bond acceptors (Lipinski definition) is 7. The Bertz CT molecular complexity index is 1860. The second kappa shape index (κ2) is 10.5. The van der Waals surface area contributed by atoms with Crippen LogP contribution in [-0.4, -0.2) is 26.2 Å². The molecule has 4 aromatic heterocycles. The van der Waals surface area contributed by atoms with Crippen LogP contribution in [0.4, 0.5) is 0 Å². The first-order valence-electron chi connectivity index (χ1n) is 12.1. The van der Waals surface area contributed by atoms with E-state index < -0.39 is 5.56 Å². The van der Waals surface area contributed by atoms with Crippen molar-refractivity contribution in [3.05, 3.63) is 106 Å². The van der Waals surface area contributed by atoms with Crippen LogP contribution in [-0.2, 0) is 20.2 Å². The zero-order chi connectivity index (χ0) is 27.5. The molecule has 4 heterocycles. The van der Waals surface area contributed by atoms with E-state index in [-0.39, 0.29) is 18.7 Å². The van der Waals surface area contributed by atoms with E-state index in [0.29, 0.717) is 34.0 Å². The molecule has 0 saturated heterocycles. The number of hydrogen-bond donors (Lipinski definition) is 0. The highest BCUT2D eigenvalue weighted by atomic mass is 16.5. The molecule has 0 saturated carbocycles. The standard InChI is InChI=1S/C30H24N6O3/c1-19-14-23(26-10-9-21(16-32)35(26)2)22-7-4-8-28(29(22)34-19)39-18-24-25(33-12-11-27(24)38-3)17-36-13-5-6-20(15-31)30(36)37/h4-14H,17-18H2,1-3H3.